The molecule has 1 aliphatic carbocycles. The third-order valence-electron chi connectivity index (χ3n) is 2.86. The van der Waals surface area contributed by atoms with Gasteiger partial charge >= 0.3 is 0 Å². The summed E-state index contributed by atoms with van der Waals surface area (Å²) in [7, 11) is 0. The van der Waals surface area contributed by atoms with Crippen molar-refractivity contribution >= 4 is 18.3 Å². The average Bonchev–Trinajstić information content (AvgIpc) is 3.10. The van der Waals surface area contributed by atoms with E-state index < -0.39 is 6.04 Å². The normalized spacial score (nSPS) is 15.9. The van der Waals surface area contributed by atoms with E-state index in [4.69, 9.17) is 5.73 Å². The van der Waals surface area contributed by atoms with Crippen molar-refractivity contribution in [2.45, 2.75) is 38.4 Å². The maximum atomic E-state index is 11.9. The molecule has 1 saturated carbocycles. The lowest BCUT2D eigenvalue weighted by molar-refractivity contribution is -0.133. The molecular formula is C13H19ClN2O. The number of nitrogens with zero attached hydrogens (tertiary/aromatic N) is 1. The van der Waals surface area contributed by atoms with Gasteiger partial charge in [-0.3, -0.25) is 4.79 Å². The number of amides is 1. The molecule has 1 amide bonds. The molecule has 0 aliphatic heterocycles. The van der Waals surface area contributed by atoms with Crippen LogP contribution in [0.3, 0.4) is 0 Å². The van der Waals surface area contributed by atoms with E-state index >= 15 is 0 Å². The Morgan fingerprint density at radius 3 is 2.47 bits per heavy atom. The van der Waals surface area contributed by atoms with Crippen LogP contribution in [0.4, 0.5) is 0 Å². The van der Waals surface area contributed by atoms with Crippen molar-refractivity contribution in [1.82, 2.24) is 4.90 Å². The highest BCUT2D eigenvalue weighted by atomic mass is 35.5. The van der Waals surface area contributed by atoms with Crippen LogP contribution in [0, 0.1) is 0 Å². The summed E-state index contributed by atoms with van der Waals surface area (Å²) in [5.41, 5.74) is 6.83. The van der Waals surface area contributed by atoms with Crippen LogP contribution in [0.2, 0.25) is 0 Å². The molecule has 0 heterocycles. The van der Waals surface area contributed by atoms with Crippen LogP contribution in [0.15, 0.2) is 30.3 Å². The monoisotopic (exact) mass is 254 g/mol. The smallest absolute Gasteiger partial charge is 0.239 e. The Hall–Kier alpha value is -1.06. The molecule has 2 N–H and O–H groups in total. The van der Waals surface area contributed by atoms with Crippen molar-refractivity contribution < 1.29 is 4.79 Å². The van der Waals surface area contributed by atoms with E-state index in [9.17, 15) is 4.79 Å². The number of carbonyl (C=O) groups excluding carboxylic acids is 1. The summed E-state index contributed by atoms with van der Waals surface area (Å²) in [6.45, 7) is 2.44. The molecule has 0 radical (unpaired) electrons. The van der Waals surface area contributed by atoms with Crippen molar-refractivity contribution in [3.8, 4) is 0 Å². The number of carbonyl (C=O) groups is 1. The molecule has 17 heavy (non-hydrogen) atoms. The predicted octanol–water partition coefficient (Wildman–Crippen LogP) is 1.95. The van der Waals surface area contributed by atoms with E-state index in [0.717, 1.165) is 12.8 Å². The predicted molar refractivity (Wildman–Crippen MR) is 70.9 cm³/mol. The van der Waals surface area contributed by atoms with Gasteiger partial charge in [-0.25, -0.2) is 0 Å². The molecule has 0 bridgehead atoms. The van der Waals surface area contributed by atoms with E-state index in [0.29, 0.717) is 12.6 Å². The van der Waals surface area contributed by atoms with Gasteiger partial charge in [0.2, 0.25) is 5.91 Å². The fourth-order valence-electron chi connectivity index (χ4n) is 1.81. The molecule has 0 spiro atoms. The second-order valence-corrected chi connectivity index (χ2v) is 4.47. The fraction of sp³-hybridized carbons (Fsp3) is 0.462. The van der Waals surface area contributed by atoms with Crippen molar-refractivity contribution in [2.75, 3.05) is 0 Å². The van der Waals surface area contributed by atoms with Crippen LogP contribution in [0.1, 0.15) is 25.3 Å². The number of benzene rings is 1. The first kappa shape index (κ1) is 14.0. The molecule has 94 valence electrons. The molecule has 1 atom stereocenters. The zero-order chi connectivity index (χ0) is 11.5. The Labute approximate surface area is 108 Å². The first-order valence-corrected chi connectivity index (χ1v) is 5.78. The van der Waals surface area contributed by atoms with E-state index in [1.165, 1.54) is 5.56 Å². The Balaban J connectivity index is 0.00000144. The van der Waals surface area contributed by atoms with Gasteiger partial charge in [-0.15, -0.1) is 12.4 Å². The molecule has 0 unspecified atom stereocenters. The average molecular weight is 255 g/mol. The summed E-state index contributed by atoms with van der Waals surface area (Å²) in [5, 5.41) is 0. The minimum Gasteiger partial charge on any atom is -0.334 e. The molecular weight excluding hydrogens is 236 g/mol. The summed E-state index contributed by atoms with van der Waals surface area (Å²) in [6.07, 6.45) is 2.23. The third kappa shape index (κ3) is 3.72. The molecule has 1 aromatic rings. The van der Waals surface area contributed by atoms with Gasteiger partial charge in [-0.1, -0.05) is 30.3 Å². The molecule has 1 fully saturated rings. The number of hydrogen-bond acceptors (Lipinski definition) is 2. The second kappa shape index (κ2) is 6.03. The topological polar surface area (TPSA) is 46.3 Å². The van der Waals surface area contributed by atoms with Gasteiger partial charge in [0, 0.05) is 12.6 Å². The van der Waals surface area contributed by atoms with Crippen LogP contribution in [0.5, 0.6) is 0 Å². The van der Waals surface area contributed by atoms with E-state index in [-0.39, 0.29) is 18.3 Å². The maximum absolute atomic E-state index is 11.9. The molecule has 1 aromatic carbocycles. The number of halogens is 1. The van der Waals surface area contributed by atoms with E-state index in [2.05, 4.69) is 0 Å². The van der Waals surface area contributed by atoms with Gasteiger partial charge in [-0.2, -0.15) is 0 Å². The van der Waals surface area contributed by atoms with Crippen LogP contribution in [-0.2, 0) is 11.3 Å². The van der Waals surface area contributed by atoms with Gasteiger partial charge in [0.1, 0.15) is 0 Å². The Morgan fingerprint density at radius 1 is 1.41 bits per heavy atom. The summed E-state index contributed by atoms with van der Waals surface area (Å²) in [6, 6.07) is 10.1. The summed E-state index contributed by atoms with van der Waals surface area (Å²) in [5.74, 6) is 0.0614. The highest BCUT2D eigenvalue weighted by Crippen LogP contribution is 2.28. The van der Waals surface area contributed by atoms with Crippen LogP contribution >= 0.6 is 12.4 Å². The molecule has 1 aliphatic rings. The van der Waals surface area contributed by atoms with Crippen molar-refractivity contribution in [2.24, 2.45) is 5.73 Å². The largest absolute Gasteiger partial charge is 0.334 e. The minimum atomic E-state index is -0.399. The van der Waals surface area contributed by atoms with Gasteiger partial charge < -0.3 is 10.6 Å². The Bertz CT molecular complexity index is 363. The molecule has 4 heteroatoms. The summed E-state index contributed by atoms with van der Waals surface area (Å²) < 4.78 is 0. The highest BCUT2D eigenvalue weighted by Gasteiger charge is 2.33. The van der Waals surface area contributed by atoms with E-state index in [1.807, 2.05) is 35.2 Å². The quantitative estimate of drug-likeness (QED) is 0.893. The third-order valence-corrected chi connectivity index (χ3v) is 2.86. The first-order chi connectivity index (χ1) is 7.68. The van der Waals surface area contributed by atoms with Crippen LogP contribution in [-0.4, -0.2) is 22.9 Å². The lowest BCUT2D eigenvalue weighted by atomic mass is 10.2. The van der Waals surface area contributed by atoms with Crippen LogP contribution in [0.25, 0.3) is 0 Å². The molecule has 0 aromatic heterocycles. The zero-order valence-corrected chi connectivity index (χ0v) is 10.8. The summed E-state index contributed by atoms with van der Waals surface area (Å²) >= 11 is 0. The summed E-state index contributed by atoms with van der Waals surface area (Å²) in [4.78, 5) is 13.8. The molecule has 2 rings (SSSR count). The second-order valence-electron chi connectivity index (χ2n) is 4.47. The van der Waals surface area contributed by atoms with Gasteiger partial charge in [0.05, 0.1) is 6.04 Å². The number of rotatable bonds is 4. The van der Waals surface area contributed by atoms with Gasteiger partial charge in [-0.05, 0) is 25.3 Å². The Kier molecular flexibility index (Phi) is 4.97. The van der Waals surface area contributed by atoms with Crippen molar-refractivity contribution in [1.29, 1.82) is 0 Å². The van der Waals surface area contributed by atoms with E-state index in [1.54, 1.807) is 6.92 Å². The fourth-order valence-corrected chi connectivity index (χ4v) is 1.81. The highest BCUT2D eigenvalue weighted by molar-refractivity contribution is 5.85. The lowest BCUT2D eigenvalue weighted by Crippen LogP contribution is -2.42. The molecule has 3 nitrogen and oxygen atoms in total. The SMILES string of the molecule is C[C@@H](N)C(=O)N(Cc1ccccc1)C1CC1.Cl. The van der Waals surface area contributed by atoms with Gasteiger partial charge in [0.15, 0.2) is 0 Å². The van der Waals surface area contributed by atoms with Gasteiger partial charge in [0.25, 0.3) is 0 Å². The number of hydrogen-bond donors (Lipinski definition) is 1. The lowest BCUT2D eigenvalue weighted by Gasteiger charge is -2.24. The van der Waals surface area contributed by atoms with Crippen molar-refractivity contribution in [3.63, 3.8) is 0 Å². The minimum absolute atomic E-state index is 0. The molecule has 0 saturated heterocycles. The van der Waals surface area contributed by atoms with Crippen molar-refractivity contribution in [3.05, 3.63) is 35.9 Å². The zero-order valence-electron chi connectivity index (χ0n) is 10.0. The Morgan fingerprint density at radius 2 is 2.00 bits per heavy atom. The maximum Gasteiger partial charge on any atom is 0.239 e. The standard InChI is InChI=1S/C13H18N2O.ClH/c1-10(14)13(16)15(12-7-8-12)9-11-5-3-2-4-6-11;/h2-6,10,12H,7-9,14H2,1H3;1H/t10-;/m1./s1. The van der Waals surface area contributed by atoms with Crippen LogP contribution < -0.4 is 5.73 Å². The first-order valence-electron chi connectivity index (χ1n) is 5.78. The number of nitrogens with two attached hydrogens (primary N) is 1.